The van der Waals surface area contributed by atoms with Crippen molar-refractivity contribution in [3.63, 3.8) is 0 Å². The quantitative estimate of drug-likeness (QED) is 0.621. The molecule has 0 N–H and O–H groups in total. The molecule has 0 aliphatic rings. The molecule has 24 heavy (non-hydrogen) atoms. The fraction of sp³-hybridized carbons (Fsp3) is 0.190. The van der Waals surface area contributed by atoms with Gasteiger partial charge in [-0.3, -0.25) is 0 Å². The molecule has 2 aromatic carbocycles. The summed E-state index contributed by atoms with van der Waals surface area (Å²) in [4.78, 5) is 0. The summed E-state index contributed by atoms with van der Waals surface area (Å²) < 4.78 is 7.28. The van der Waals surface area contributed by atoms with E-state index in [4.69, 9.17) is 9.84 Å². The van der Waals surface area contributed by atoms with Crippen molar-refractivity contribution in [2.24, 2.45) is 0 Å². The number of rotatable bonds is 5. The number of methoxy groups -OCH3 is 1. The zero-order chi connectivity index (χ0) is 17.1. The zero-order valence-corrected chi connectivity index (χ0v) is 14.4. The molecule has 0 aliphatic carbocycles. The summed E-state index contributed by atoms with van der Waals surface area (Å²) in [6.45, 7) is 8.19. The van der Waals surface area contributed by atoms with Gasteiger partial charge in [-0.15, -0.1) is 0 Å². The second-order valence-corrected chi connectivity index (χ2v) is 6.02. The van der Waals surface area contributed by atoms with Gasteiger partial charge in [0.15, 0.2) is 0 Å². The number of ether oxygens (including phenoxy) is 1. The molecule has 3 rings (SSSR count). The first-order valence-corrected chi connectivity index (χ1v) is 8.03. The Morgan fingerprint density at radius 3 is 2.33 bits per heavy atom. The summed E-state index contributed by atoms with van der Waals surface area (Å²) in [5.74, 6) is 0.839. The standard InChI is InChI=1S/C21H22N2O/c1-15(2)14-20-16(3)22-23(18-10-12-19(24-4)13-11-18)21(20)17-8-6-5-7-9-17/h5-13H,1,14H2,2-4H3. The maximum absolute atomic E-state index is 5.26. The fourth-order valence-corrected chi connectivity index (χ4v) is 2.88. The van der Waals surface area contributed by atoms with Crippen molar-refractivity contribution in [2.45, 2.75) is 20.3 Å². The van der Waals surface area contributed by atoms with Crippen LogP contribution < -0.4 is 4.74 Å². The average molecular weight is 318 g/mol. The van der Waals surface area contributed by atoms with Crippen molar-refractivity contribution >= 4 is 0 Å². The van der Waals surface area contributed by atoms with E-state index >= 15 is 0 Å². The van der Waals surface area contributed by atoms with Gasteiger partial charge < -0.3 is 4.74 Å². The van der Waals surface area contributed by atoms with Gasteiger partial charge in [0, 0.05) is 11.1 Å². The Morgan fingerprint density at radius 2 is 1.75 bits per heavy atom. The van der Waals surface area contributed by atoms with E-state index in [-0.39, 0.29) is 0 Å². The van der Waals surface area contributed by atoms with Gasteiger partial charge in [-0.25, -0.2) is 4.68 Å². The Morgan fingerprint density at radius 1 is 1.08 bits per heavy atom. The van der Waals surface area contributed by atoms with Crippen molar-refractivity contribution < 1.29 is 4.74 Å². The molecule has 0 fully saturated rings. The van der Waals surface area contributed by atoms with E-state index in [0.29, 0.717) is 0 Å². The van der Waals surface area contributed by atoms with Crippen LogP contribution in [0.2, 0.25) is 0 Å². The minimum absolute atomic E-state index is 0.826. The molecule has 3 heteroatoms. The maximum atomic E-state index is 5.26. The third-order valence-electron chi connectivity index (χ3n) is 4.03. The van der Waals surface area contributed by atoms with Gasteiger partial charge in [-0.05, 0) is 44.5 Å². The highest BCUT2D eigenvalue weighted by Gasteiger charge is 2.18. The van der Waals surface area contributed by atoms with E-state index in [1.807, 2.05) is 35.0 Å². The van der Waals surface area contributed by atoms with Crippen LogP contribution >= 0.6 is 0 Å². The molecule has 0 radical (unpaired) electrons. The fourth-order valence-electron chi connectivity index (χ4n) is 2.88. The van der Waals surface area contributed by atoms with E-state index in [1.165, 1.54) is 5.56 Å². The molecular formula is C21H22N2O. The molecule has 1 aromatic heterocycles. The van der Waals surface area contributed by atoms with Crippen LogP contribution in [0.5, 0.6) is 5.75 Å². The van der Waals surface area contributed by atoms with E-state index in [0.717, 1.165) is 40.4 Å². The van der Waals surface area contributed by atoms with Crippen LogP contribution in [0.4, 0.5) is 0 Å². The van der Waals surface area contributed by atoms with Gasteiger partial charge >= 0.3 is 0 Å². The summed E-state index contributed by atoms with van der Waals surface area (Å²) >= 11 is 0. The first-order valence-electron chi connectivity index (χ1n) is 8.03. The minimum atomic E-state index is 0.826. The molecule has 0 atom stereocenters. The molecule has 0 saturated heterocycles. The highest BCUT2D eigenvalue weighted by atomic mass is 16.5. The van der Waals surface area contributed by atoms with Crippen LogP contribution in [0.3, 0.4) is 0 Å². The summed E-state index contributed by atoms with van der Waals surface area (Å²) in [6, 6.07) is 18.4. The third kappa shape index (κ3) is 3.11. The van der Waals surface area contributed by atoms with Crippen molar-refractivity contribution in [2.75, 3.05) is 7.11 Å². The molecule has 0 unspecified atom stereocenters. The number of aryl methyl sites for hydroxylation is 1. The molecule has 3 nitrogen and oxygen atoms in total. The van der Waals surface area contributed by atoms with Crippen LogP contribution in [-0.2, 0) is 6.42 Å². The second kappa shape index (κ2) is 6.75. The van der Waals surface area contributed by atoms with Crippen molar-refractivity contribution in [3.05, 3.63) is 78.0 Å². The molecule has 1 heterocycles. The second-order valence-electron chi connectivity index (χ2n) is 6.02. The Bertz CT molecular complexity index is 846. The van der Waals surface area contributed by atoms with E-state index in [9.17, 15) is 0 Å². The van der Waals surface area contributed by atoms with Crippen LogP contribution in [0, 0.1) is 6.92 Å². The maximum Gasteiger partial charge on any atom is 0.119 e. The van der Waals surface area contributed by atoms with Gasteiger partial charge in [-0.1, -0.05) is 42.5 Å². The summed E-state index contributed by atoms with van der Waals surface area (Å²) in [5.41, 5.74) is 6.69. The Hall–Kier alpha value is -2.81. The predicted molar refractivity (Wildman–Crippen MR) is 98.8 cm³/mol. The lowest BCUT2D eigenvalue weighted by Gasteiger charge is -2.11. The molecule has 0 spiro atoms. The van der Waals surface area contributed by atoms with Crippen LogP contribution in [-0.4, -0.2) is 16.9 Å². The molecule has 0 aliphatic heterocycles. The van der Waals surface area contributed by atoms with Crippen LogP contribution in [0.25, 0.3) is 16.9 Å². The number of benzene rings is 2. The van der Waals surface area contributed by atoms with Gasteiger partial charge in [-0.2, -0.15) is 5.10 Å². The number of allylic oxidation sites excluding steroid dienone is 1. The summed E-state index contributed by atoms with van der Waals surface area (Å²) in [7, 11) is 1.67. The highest BCUT2D eigenvalue weighted by Crippen LogP contribution is 2.31. The first-order chi connectivity index (χ1) is 11.6. The number of nitrogens with zero attached hydrogens (tertiary/aromatic N) is 2. The topological polar surface area (TPSA) is 27.1 Å². The Labute approximate surface area is 143 Å². The van der Waals surface area contributed by atoms with Gasteiger partial charge in [0.1, 0.15) is 5.75 Å². The number of hydrogen-bond donors (Lipinski definition) is 0. The lowest BCUT2D eigenvalue weighted by Crippen LogP contribution is -2.00. The highest BCUT2D eigenvalue weighted by molar-refractivity contribution is 5.67. The lowest BCUT2D eigenvalue weighted by molar-refractivity contribution is 0.414. The number of aromatic nitrogens is 2. The monoisotopic (exact) mass is 318 g/mol. The predicted octanol–water partition coefficient (Wildman–Crippen LogP) is 4.97. The minimum Gasteiger partial charge on any atom is -0.497 e. The summed E-state index contributed by atoms with van der Waals surface area (Å²) in [6.07, 6.45) is 0.826. The molecular weight excluding hydrogens is 296 g/mol. The van der Waals surface area contributed by atoms with E-state index < -0.39 is 0 Å². The van der Waals surface area contributed by atoms with Gasteiger partial charge in [0.05, 0.1) is 24.2 Å². The zero-order valence-electron chi connectivity index (χ0n) is 14.4. The Kier molecular flexibility index (Phi) is 4.52. The molecule has 3 aromatic rings. The summed E-state index contributed by atoms with van der Waals surface area (Å²) in [5, 5.41) is 4.80. The Balaban J connectivity index is 2.19. The van der Waals surface area contributed by atoms with E-state index in [2.05, 4.69) is 44.7 Å². The largest absolute Gasteiger partial charge is 0.497 e. The number of hydrogen-bond acceptors (Lipinski definition) is 2. The molecule has 122 valence electrons. The van der Waals surface area contributed by atoms with Crippen LogP contribution in [0.1, 0.15) is 18.2 Å². The normalized spacial score (nSPS) is 10.6. The molecule has 0 amide bonds. The van der Waals surface area contributed by atoms with Crippen molar-refractivity contribution in [3.8, 4) is 22.7 Å². The van der Waals surface area contributed by atoms with Crippen LogP contribution in [0.15, 0.2) is 66.7 Å². The van der Waals surface area contributed by atoms with Crippen molar-refractivity contribution in [1.82, 2.24) is 9.78 Å². The lowest BCUT2D eigenvalue weighted by atomic mass is 10.0. The molecule has 0 bridgehead atoms. The smallest absolute Gasteiger partial charge is 0.119 e. The first kappa shape index (κ1) is 16.1. The van der Waals surface area contributed by atoms with E-state index in [1.54, 1.807) is 7.11 Å². The SMILES string of the molecule is C=C(C)Cc1c(C)nn(-c2ccc(OC)cc2)c1-c1ccccc1. The van der Waals surface area contributed by atoms with Crippen molar-refractivity contribution in [1.29, 1.82) is 0 Å². The van der Waals surface area contributed by atoms with Gasteiger partial charge in [0.25, 0.3) is 0 Å². The third-order valence-corrected chi connectivity index (χ3v) is 4.03. The van der Waals surface area contributed by atoms with Gasteiger partial charge in [0.2, 0.25) is 0 Å². The molecule has 0 saturated carbocycles. The average Bonchev–Trinajstić information content (AvgIpc) is 2.92.